The molecule has 1 unspecified atom stereocenters. The first-order chi connectivity index (χ1) is 14.3. The Labute approximate surface area is 173 Å². The molecule has 3 aromatic carbocycles. The lowest BCUT2D eigenvalue weighted by atomic mass is 9.66. The summed E-state index contributed by atoms with van der Waals surface area (Å²) in [6.45, 7) is 2.29. The maximum absolute atomic E-state index is 2.47. The first-order valence-corrected chi connectivity index (χ1v) is 10.7. The van der Waals surface area contributed by atoms with Crippen LogP contribution in [0.25, 0.3) is 10.9 Å². The van der Waals surface area contributed by atoms with Crippen molar-refractivity contribution in [1.29, 1.82) is 0 Å². The minimum atomic E-state index is -0.282. The van der Waals surface area contributed by atoms with Crippen LogP contribution in [0.4, 0.5) is 0 Å². The smallest absolute Gasteiger partial charge is 0.0788 e. The van der Waals surface area contributed by atoms with Gasteiger partial charge in [0.2, 0.25) is 0 Å². The number of rotatable bonds is 4. The molecule has 5 rings (SSSR count). The molecule has 1 aliphatic carbocycles. The molecule has 1 nitrogen and oxygen atoms in total. The highest BCUT2D eigenvalue weighted by Gasteiger charge is 2.42. The third kappa shape index (κ3) is 2.61. The van der Waals surface area contributed by atoms with Crippen molar-refractivity contribution in [2.75, 3.05) is 0 Å². The third-order valence-corrected chi connectivity index (χ3v) is 6.53. The lowest BCUT2D eigenvalue weighted by Crippen LogP contribution is -2.33. The van der Waals surface area contributed by atoms with Crippen molar-refractivity contribution < 1.29 is 0 Å². The number of fused-ring (bicyclic) bond motifs is 3. The average molecular weight is 378 g/mol. The predicted molar refractivity (Wildman–Crippen MR) is 122 cm³/mol. The van der Waals surface area contributed by atoms with Gasteiger partial charge in [-0.1, -0.05) is 104 Å². The molecule has 0 spiro atoms. The molecule has 0 N–H and O–H groups in total. The Hall–Kier alpha value is -3.06. The molecule has 144 valence electrons. The second kappa shape index (κ2) is 7.08. The molecule has 1 heteroatoms. The average Bonchev–Trinajstić information content (AvgIpc) is 3.09. The molecule has 0 saturated carbocycles. The second-order valence-electron chi connectivity index (χ2n) is 8.13. The zero-order valence-electron chi connectivity index (χ0n) is 17.2. The van der Waals surface area contributed by atoms with E-state index in [1.807, 2.05) is 0 Å². The lowest BCUT2D eigenvalue weighted by molar-refractivity contribution is 0.621. The normalized spacial score (nSPS) is 17.4. The Morgan fingerprint density at radius 3 is 2.00 bits per heavy atom. The van der Waals surface area contributed by atoms with Gasteiger partial charge in [-0.3, -0.25) is 0 Å². The topological polar surface area (TPSA) is 4.93 Å². The summed E-state index contributed by atoms with van der Waals surface area (Å²) in [6, 6.07) is 30.9. The van der Waals surface area contributed by atoms with Crippen LogP contribution in [0.2, 0.25) is 0 Å². The van der Waals surface area contributed by atoms with Crippen LogP contribution >= 0.6 is 0 Å². The molecule has 1 aromatic heterocycles. The van der Waals surface area contributed by atoms with Gasteiger partial charge in [0, 0.05) is 29.6 Å². The van der Waals surface area contributed by atoms with E-state index in [2.05, 4.69) is 116 Å². The molecule has 4 aromatic rings. The summed E-state index contributed by atoms with van der Waals surface area (Å²) in [5.74, 6) is 0.460. The Kier molecular flexibility index (Phi) is 4.39. The fourth-order valence-electron chi connectivity index (χ4n) is 5.30. The van der Waals surface area contributed by atoms with Crippen LogP contribution in [0.15, 0.2) is 97.1 Å². The molecule has 1 atom stereocenters. The molecule has 1 aliphatic rings. The number of aromatic nitrogens is 1. The van der Waals surface area contributed by atoms with E-state index in [1.54, 1.807) is 0 Å². The highest BCUT2D eigenvalue weighted by molar-refractivity contribution is 5.88. The summed E-state index contributed by atoms with van der Waals surface area (Å²) in [5.41, 5.74) is 6.60. The first kappa shape index (κ1) is 18.0. The number of nitrogens with zero attached hydrogens (tertiary/aromatic N) is 1. The third-order valence-electron chi connectivity index (χ3n) is 6.53. The Balaban J connectivity index is 1.93. The Bertz CT molecular complexity index is 1130. The van der Waals surface area contributed by atoms with E-state index in [1.165, 1.54) is 46.1 Å². The van der Waals surface area contributed by atoms with Crippen LogP contribution in [0.5, 0.6) is 0 Å². The molecule has 0 amide bonds. The van der Waals surface area contributed by atoms with Gasteiger partial charge in [0.25, 0.3) is 0 Å². The quantitative estimate of drug-likeness (QED) is 0.339. The van der Waals surface area contributed by atoms with Crippen molar-refractivity contribution >= 4 is 10.9 Å². The minimum Gasteiger partial charge on any atom is -0.346 e. The maximum atomic E-state index is 2.47. The van der Waals surface area contributed by atoms with Gasteiger partial charge in [-0.05, 0) is 29.2 Å². The van der Waals surface area contributed by atoms with Crippen molar-refractivity contribution in [2.24, 2.45) is 7.05 Å². The molecule has 29 heavy (non-hydrogen) atoms. The Morgan fingerprint density at radius 2 is 1.38 bits per heavy atom. The van der Waals surface area contributed by atoms with E-state index < -0.39 is 0 Å². The number of aryl methyl sites for hydroxylation is 1. The maximum Gasteiger partial charge on any atom is 0.0788 e. The van der Waals surface area contributed by atoms with Crippen LogP contribution in [-0.4, -0.2) is 4.57 Å². The van der Waals surface area contributed by atoms with Gasteiger partial charge in [-0.15, -0.1) is 0 Å². The van der Waals surface area contributed by atoms with Gasteiger partial charge < -0.3 is 4.57 Å². The fraction of sp³-hybridized carbons (Fsp3) is 0.214. The Morgan fingerprint density at radius 1 is 0.793 bits per heavy atom. The summed E-state index contributed by atoms with van der Waals surface area (Å²) in [5, 5.41) is 1.39. The zero-order valence-corrected chi connectivity index (χ0v) is 17.2. The monoisotopic (exact) mass is 377 g/mol. The van der Waals surface area contributed by atoms with Crippen molar-refractivity contribution in [3.05, 3.63) is 119 Å². The van der Waals surface area contributed by atoms with Gasteiger partial charge >= 0.3 is 0 Å². The first-order valence-electron chi connectivity index (χ1n) is 10.7. The van der Waals surface area contributed by atoms with Gasteiger partial charge in [-0.2, -0.15) is 0 Å². The van der Waals surface area contributed by atoms with Crippen molar-refractivity contribution in [3.8, 4) is 0 Å². The number of hydrogen-bond acceptors (Lipinski definition) is 0. The van der Waals surface area contributed by atoms with Gasteiger partial charge in [0.1, 0.15) is 0 Å². The number of benzene rings is 3. The van der Waals surface area contributed by atoms with Crippen molar-refractivity contribution in [3.63, 3.8) is 0 Å². The summed E-state index contributed by atoms with van der Waals surface area (Å²) < 4.78 is 2.44. The van der Waals surface area contributed by atoms with E-state index in [9.17, 15) is 0 Å². The zero-order chi connectivity index (χ0) is 19.8. The van der Waals surface area contributed by atoms with Crippen LogP contribution in [0, 0.1) is 0 Å². The van der Waals surface area contributed by atoms with E-state index >= 15 is 0 Å². The number of para-hydroxylation sites is 1. The van der Waals surface area contributed by atoms with Gasteiger partial charge in [0.05, 0.1) is 5.41 Å². The summed E-state index contributed by atoms with van der Waals surface area (Å²) in [4.78, 5) is 0. The fourth-order valence-corrected chi connectivity index (χ4v) is 5.30. The highest BCUT2D eigenvalue weighted by atomic mass is 15.0. The van der Waals surface area contributed by atoms with Gasteiger partial charge in [0.15, 0.2) is 0 Å². The lowest BCUT2D eigenvalue weighted by Gasteiger charge is -2.38. The predicted octanol–water partition coefficient (Wildman–Crippen LogP) is 6.97. The van der Waals surface area contributed by atoms with E-state index in [0.29, 0.717) is 5.92 Å². The molecule has 0 radical (unpaired) electrons. The molecule has 0 saturated heterocycles. The molecule has 1 heterocycles. The SMILES string of the molecule is CCCC1C=CC(c2ccccc2)(c2ccccc2)c2c1c1ccccc1n2C. The summed E-state index contributed by atoms with van der Waals surface area (Å²) in [7, 11) is 2.24. The molecular formula is C28H27N. The largest absolute Gasteiger partial charge is 0.346 e. The van der Waals surface area contributed by atoms with Crippen LogP contribution < -0.4 is 0 Å². The highest BCUT2D eigenvalue weighted by Crippen LogP contribution is 2.51. The summed E-state index contributed by atoms with van der Waals surface area (Å²) in [6.07, 6.45) is 7.30. The van der Waals surface area contributed by atoms with Crippen LogP contribution in [-0.2, 0) is 12.5 Å². The second-order valence-corrected chi connectivity index (χ2v) is 8.13. The van der Waals surface area contributed by atoms with E-state index in [4.69, 9.17) is 0 Å². The minimum absolute atomic E-state index is 0.282. The van der Waals surface area contributed by atoms with E-state index in [-0.39, 0.29) is 5.41 Å². The van der Waals surface area contributed by atoms with Crippen molar-refractivity contribution in [2.45, 2.75) is 31.1 Å². The standard InChI is InChI=1S/C28H27N/c1-3-12-21-19-20-28(22-13-6-4-7-14-22,23-15-8-5-9-16-23)27-26(21)24-17-10-11-18-25(24)29(27)2/h4-11,13-21H,3,12H2,1-2H3. The van der Waals surface area contributed by atoms with Crippen LogP contribution in [0.3, 0.4) is 0 Å². The number of allylic oxidation sites excluding steroid dienone is 2. The van der Waals surface area contributed by atoms with E-state index in [0.717, 1.165) is 0 Å². The molecular weight excluding hydrogens is 350 g/mol. The number of hydrogen-bond donors (Lipinski definition) is 0. The molecule has 0 aliphatic heterocycles. The molecule has 0 fully saturated rings. The van der Waals surface area contributed by atoms with Crippen molar-refractivity contribution in [1.82, 2.24) is 4.57 Å². The molecule has 0 bridgehead atoms. The summed E-state index contributed by atoms with van der Waals surface area (Å²) >= 11 is 0. The van der Waals surface area contributed by atoms with Crippen LogP contribution in [0.1, 0.15) is 48.1 Å². The van der Waals surface area contributed by atoms with Gasteiger partial charge in [-0.25, -0.2) is 0 Å².